The van der Waals surface area contributed by atoms with Gasteiger partial charge in [-0.2, -0.15) is 4.91 Å². The fourth-order valence-electron chi connectivity index (χ4n) is 2.97. The Labute approximate surface area is 136 Å². The lowest BCUT2D eigenvalue weighted by Crippen LogP contribution is -2.31. The summed E-state index contributed by atoms with van der Waals surface area (Å²) >= 11 is 0. The second-order valence-corrected chi connectivity index (χ2v) is 6.06. The lowest BCUT2D eigenvalue weighted by Gasteiger charge is -2.27. The molecule has 23 heavy (non-hydrogen) atoms. The van der Waals surface area contributed by atoms with Crippen LogP contribution in [0.15, 0.2) is 23.4 Å². The maximum absolute atomic E-state index is 11.0. The van der Waals surface area contributed by atoms with Gasteiger partial charge >= 0.3 is 0 Å². The molecule has 0 bridgehead atoms. The topological polar surface area (TPSA) is 88.4 Å². The highest BCUT2D eigenvalue weighted by Crippen LogP contribution is 2.27. The van der Waals surface area contributed by atoms with Crippen LogP contribution in [0, 0.1) is 4.91 Å². The van der Waals surface area contributed by atoms with E-state index in [1.54, 1.807) is 12.1 Å². The highest BCUT2D eigenvalue weighted by molar-refractivity contribution is 5.41. The summed E-state index contributed by atoms with van der Waals surface area (Å²) < 4.78 is 10.6. The number of benzene rings is 1. The van der Waals surface area contributed by atoms with Gasteiger partial charge in [-0.05, 0) is 56.2 Å². The molecule has 1 saturated heterocycles. The highest BCUT2D eigenvalue weighted by Gasteiger charge is 2.24. The van der Waals surface area contributed by atoms with Gasteiger partial charge in [0.2, 0.25) is 0 Å². The van der Waals surface area contributed by atoms with Crippen LogP contribution < -0.4 is 4.74 Å². The van der Waals surface area contributed by atoms with E-state index in [0.717, 1.165) is 18.4 Å². The molecule has 3 atom stereocenters. The minimum atomic E-state index is -0.330. The highest BCUT2D eigenvalue weighted by atomic mass is 16.5. The first kappa shape index (κ1) is 17.7. The molecule has 0 radical (unpaired) electrons. The smallest absolute Gasteiger partial charge is 0.160 e. The standard InChI is InChI=1S/C17H25NO5/c1-22-17-6-5-12(9-16(17)20)3-2-4-13(18-21)10-15-11-14(19)7-8-23-15/h5-6,9,13-15,19-20H,2-4,7-8,10-11H2,1H3. The molecule has 0 amide bonds. The van der Waals surface area contributed by atoms with Crippen LogP contribution in [-0.4, -0.2) is 42.2 Å². The summed E-state index contributed by atoms with van der Waals surface area (Å²) in [5.41, 5.74) is 0.997. The molecule has 1 aromatic rings. The second kappa shape index (κ2) is 8.84. The number of methoxy groups -OCH3 is 1. The number of aliphatic hydroxyl groups excluding tert-OH is 1. The van der Waals surface area contributed by atoms with E-state index >= 15 is 0 Å². The normalized spacial score (nSPS) is 22.5. The van der Waals surface area contributed by atoms with E-state index in [1.165, 1.54) is 7.11 Å². The van der Waals surface area contributed by atoms with E-state index in [4.69, 9.17) is 9.47 Å². The Morgan fingerprint density at radius 2 is 2.30 bits per heavy atom. The van der Waals surface area contributed by atoms with Crippen molar-refractivity contribution in [2.75, 3.05) is 13.7 Å². The molecule has 0 aliphatic carbocycles. The van der Waals surface area contributed by atoms with E-state index in [-0.39, 0.29) is 24.0 Å². The van der Waals surface area contributed by atoms with E-state index in [1.807, 2.05) is 6.07 Å². The van der Waals surface area contributed by atoms with Crippen molar-refractivity contribution >= 4 is 0 Å². The number of hydrogen-bond donors (Lipinski definition) is 2. The van der Waals surface area contributed by atoms with Crippen molar-refractivity contribution in [1.29, 1.82) is 0 Å². The minimum Gasteiger partial charge on any atom is -0.504 e. The molecular weight excluding hydrogens is 298 g/mol. The Morgan fingerprint density at radius 1 is 1.48 bits per heavy atom. The number of aryl methyl sites for hydroxylation is 1. The molecule has 6 nitrogen and oxygen atoms in total. The summed E-state index contributed by atoms with van der Waals surface area (Å²) in [7, 11) is 1.51. The van der Waals surface area contributed by atoms with Crippen LogP contribution in [0.2, 0.25) is 0 Å². The average Bonchev–Trinajstić information content (AvgIpc) is 2.54. The first-order valence-corrected chi connectivity index (χ1v) is 8.10. The summed E-state index contributed by atoms with van der Waals surface area (Å²) in [5.74, 6) is 0.578. The summed E-state index contributed by atoms with van der Waals surface area (Å²) in [6.07, 6.45) is 3.64. The number of aliphatic hydroxyl groups is 1. The van der Waals surface area contributed by atoms with E-state index in [9.17, 15) is 15.1 Å². The first-order valence-electron chi connectivity index (χ1n) is 8.10. The Hall–Kier alpha value is -1.66. The maximum atomic E-state index is 11.0. The Bertz CT molecular complexity index is 508. The number of nitroso groups, excluding NO2 is 1. The molecular formula is C17H25NO5. The van der Waals surface area contributed by atoms with Crippen molar-refractivity contribution in [3.8, 4) is 11.5 Å². The molecule has 0 saturated carbocycles. The van der Waals surface area contributed by atoms with E-state index in [0.29, 0.717) is 38.0 Å². The molecule has 0 aromatic heterocycles. The van der Waals surface area contributed by atoms with Gasteiger partial charge in [0, 0.05) is 6.61 Å². The van der Waals surface area contributed by atoms with Crippen LogP contribution in [0.3, 0.4) is 0 Å². The van der Waals surface area contributed by atoms with Crippen molar-refractivity contribution in [3.05, 3.63) is 28.7 Å². The molecule has 1 aliphatic heterocycles. The van der Waals surface area contributed by atoms with Gasteiger partial charge in [0.05, 0.1) is 25.4 Å². The van der Waals surface area contributed by atoms with E-state index in [2.05, 4.69) is 5.18 Å². The first-order chi connectivity index (χ1) is 11.1. The number of ether oxygens (including phenoxy) is 2. The van der Waals surface area contributed by atoms with Crippen LogP contribution >= 0.6 is 0 Å². The molecule has 1 aromatic carbocycles. The monoisotopic (exact) mass is 323 g/mol. The van der Waals surface area contributed by atoms with Crippen molar-refractivity contribution in [1.82, 2.24) is 0 Å². The third-order valence-corrected chi connectivity index (χ3v) is 4.27. The number of nitrogens with zero attached hydrogens (tertiary/aromatic N) is 1. The minimum absolute atomic E-state index is 0.0773. The summed E-state index contributed by atoms with van der Waals surface area (Å²) in [6.45, 7) is 0.544. The third-order valence-electron chi connectivity index (χ3n) is 4.27. The zero-order valence-corrected chi connectivity index (χ0v) is 13.5. The van der Waals surface area contributed by atoms with Gasteiger partial charge in [0.25, 0.3) is 0 Å². The van der Waals surface area contributed by atoms with E-state index < -0.39 is 0 Å². The summed E-state index contributed by atoms with van der Waals surface area (Å²) in [5, 5.41) is 22.6. The van der Waals surface area contributed by atoms with Gasteiger partial charge in [-0.15, -0.1) is 0 Å². The fraction of sp³-hybridized carbons (Fsp3) is 0.647. The molecule has 128 valence electrons. The van der Waals surface area contributed by atoms with Crippen LogP contribution in [0.5, 0.6) is 11.5 Å². The zero-order chi connectivity index (χ0) is 16.7. The largest absolute Gasteiger partial charge is 0.504 e. The number of phenolic OH excluding ortho intramolecular Hbond substituents is 1. The second-order valence-electron chi connectivity index (χ2n) is 6.06. The number of rotatable bonds is 8. The van der Waals surface area contributed by atoms with Crippen molar-refractivity contribution in [3.63, 3.8) is 0 Å². The Kier molecular flexibility index (Phi) is 6.80. The number of hydrogen-bond acceptors (Lipinski definition) is 6. The number of phenols is 1. The van der Waals surface area contributed by atoms with Gasteiger partial charge in [-0.25, -0.2) is 0 Å². The van der Waals surface area contributed by atoms with Gasteiger partial charge in [0.1, 0.15) is 0 Å². The molecule has 0 spiro atoms. The molecule has 2 rings (SSSR count). The Morgan fingerprint density at radius 3 is 2.96 bits per heavy atom. The fourth-order valence-corrected chi connectivity index (χ4v) is 2.97. The quantitative estimate of drug-likeness (QED) is 0.718. The summed E-state index contributed by atoms with van der Waals surface area (Å²) in [6, 6.07) is 5.03. The predicted molar refractivity (Wildman–Crippen MR) is 86.8 cm³/mol. The van der Waals surface area contributed by atoms with Crippen LogP contribution in [0.1, 0.15) is 37.7 Å². The predicted octanol–water partition coefficient (Wildman–Crippen LogP) is 2.79. The lowest BCUT2D eigenvalue weighted by molar-refractivity contribution is -0.0488. The van der Waals surface area contributed by atoms with Gasteiger partial charge in [-0.1, -0.05) is 11.2 Å². The van der Waals surface area contributed by atoms with Crippen LogP contribution in [0.25, 0.3) is 0 Å². The SMILES string of the molecule is COc1ccc(CCCC(CC2CC(O)CCO2)N=O)cc1O. The maximum Gasteiger partial charge on any atom is 0.160 e. The number of aromatic hydroxyl groups is 1. The van der Waals surface area contributed by atoms with Gasteiger partial charge in [-0.3, -0.25) is 0 Å². The lowest BCUT2D eigenvalue weighted by atomic mass is 9.96. The zero-order valence-electron chi connectivity index (χ0n) is 13.5. The molecule has 1 fully saturated rings. The molecule has 1 heterocycles. The van der Waals surface area contributed by atoms with Crippen molar-refractivity contribution < 1.29 is 19.7 Å². The molecule has 3 unspecified atom stereocenters. The van der Waals surface area contributed by atoms with Crippen molar-refractivity contribution in [2.45, 2.75) is 56.8 Å². The summed E-state index contributed by atoms with van der Waals surface area (Å²) in [4.78, 5) is 11.0. The molecule has 6 heteroatoms. The van der Waals surface area contributed by atoms with Crippen LogP contribution in [-0.2, 0) is 11.2 Å². The van der Waals surface area contributed by atoms with Crippen LogP contribution in [0.4, 0.5) is 0 Å². The third kappa shape index (κ3) is 5.48. The molecule has 1 aliphatic rings. The van der Waals surface area contributed by atoms with Crippen molar-refractivity contribution in [2.24, 2.45) is 5.18 Å². The Balaban J connectivity index is 1.77. The molecule has 2 N–H and O–H groups in total. The van der Waals surface area contributed by atoms with Gasteiger partial charge in [0.15, 0.2) is 11.5 Å². The van der Waals surface area contributed by atoms with Gasteiger partial charge < -0.3 is 19.7 Å². The average molecular weight is 323 g/mol.